The molecule has 0 radical (unpaired) electrons. The Morgan fingerprint density at radius 3 is 3.13 bits per heavy atom. The summed E-state index contributed by atoms with van der Waals surface area (Å²) in [6.45, 7) is 4.53. The highest BCUT2D eigenvalue weighted by Crippen LogP contribution is 2.25. The van der Waals surface area contributed by atoms with Gasteiger partial charge in [0.2, 0.25) is 5.88 Å². The number of pyridine rings is 1. The number of hydrogen-bond donors (Lipinski definition) is 1. The summed E-state index contributed by atoms with van der Waals surface area (Å²) >= 11 is 0. The SMILES string of the molecule is CCOc1nc2c(cc1N)CN(C)CC2. The fraction of sp³-hybridized carbons (Fsp3) is 0.545. The third-order valence-corrected chi connectivity index (χ3v) is 2.64. The zero-order chi connectivity index (χ0) is 10.8. The summed E-state index contributed by atoms with van der Waals surface area (Å²) in [6.07, 6.45) is 0.978. The molecule has 0 fully saturated rings. The van der Waals surface area contributed by atoms with Crippen LogP contribution in [-0.2, 0) is 13.0 Å². The molecule has 0 spiro atoms. The number of hydrogen-bond acceptors (Lipinski definition) is 4. The van der Waals surface area contributed by atoms with Gasteiger partial charge in [-0.15, -0.1) is 0 Å². The Labute approximate surface area is 90.0 Å². The Kier molecular flexibility index (Phi) is 2.77. The van der Waals surface area contributed by atoms with E-state index in [9.17, 15) is 0 Å². The van der Waals surface area contributed by atoms with Crippen LogP contribution in [-0.4, -0.2) is 30.1 Å². The van der Waals surface area contributed by atoms with Crippen molar-refractivity contribution in [2.75, 3.05) is 25.9 Å². The van der Waals surface area contributed by atoms with Crippen molar-refractivity contribution >= 4 is 5.69 Å². The molecule has 4 nitrogen and oxygen atoms in total. The topological polar surface area (TPSA) is 51.4 Å². The quantitative estimate of drug-likeness (QED) is 0.787. The lowest BCUT2D eigenvalue weighted by atomic mass is 10.1. The summed E-state index contributed by atoms with van der Waals surface area (Å²) in [4.78, 5) is 6.73. The molecule has 1 aromatic rings. The zero-order valence-corrected chi connectivity index (χ0v) is 9.29. The fourth-order valence-corrected chi connectivity index (χ4v) is 1.86. The van der Waals surface area contributed by atoms with E-state index in [2.05, 4.69) is 16.9 Å². The number of likely N-dealkylation sites (N-methyl/N-ethyl adjacent to an activating group) is 1. The molecule has 2 N–H and O–H groups in total. The fourth-order valence-electron chi connectivity index (χ4n) is 1.86. The van der Waals surface area contributed by atoms with Gasteiger partial charge < -0.3 is 15.4 Å². The molecule has 2 heterocycles. The monoisotopic (exact) mass is 207 g/mol. The summed E-state index contributed by atoms with van der Waals surface area (Å²) in [5.41, 5.74) is 8.87. The van der Waals surface area contributed by atoms with Gasteiger partial charge in [-0.1, -0.05) is 0 Å². The first-order valence-corrected chi connectivity index (χ1v) is 5.30. The molecule has 0 bridgehead atoms. The molecule has 0 unspecified atom stereocenters. The lowest BCUT2D eigenvalue weighted by Gasteiger charge is -2.24. The second-order valence-electron chi connectivity index (χ2n) is 3.91. The maximum absolute atomic E-state index is 5.87. The number of nitrogens with two attached hydrogens (primary N) is 1. The highest BCUT2D eigenvalue weighted by molar-refractivity contribution is 5.51. The molecule has 2 rings (SSSR count). The van der Waals surface area contributed by atoms with Crippen LogP contribution in [0.2, 0.25) is 0 Å². The second-order valence-corrected chi connectivity index (χ2v) is 3.91. The average molecular weight is 207 g/mol. The van der Waals surface area contributed by atoms with Gasteiger partial charge in [0, 0.05) is 19.5 Å². The van der Waals surface area contributed by atoms with Crippen molar-refractivity contribution in [3.05, 3.63) is 17.3 Å². The third-order valence-electron chi connectivity index (χ3n) is 2.64. The van der Waals surface area contributed by atoms with Crippen molar-refractivity contribution in [3.63, 3.8) is 0 Å². The number of fused-ring (bicyclic) bond motifs is 1. The van der Waals surface area contributed by atoms with Crippen molar-refractivity contribution in [2.45, 2.75) is 19.9 Å². The molecule has 0 aliphatic carbocycles. The first-order valence-electron chi connectivity index (χ1n) is 5.30. The van der Waals surface area contributed by atoms with E-state index in [0.717, 1.165) is 25.2 Å². The van der Waals surface area contributed by atoms with E-state index in [1.807, 2.05) is 13.0 Å². The number of rotatable bonds is 2. The zero-order valence-electron chi connectivity index (χ0n) is 9.29. The second kappa shape index (κ2) is 4.06. The summed E-state index contributed by atoms with van der Waals surface area (Å²) in [5.74, 6) is 0.584. The van der Waals surface area contributed by atoms with Gasteiger partial charge in [0.25, 0.3) is 0 Å². The number of ether oxygens (including phenoxy) is 1. The highest BCUT2D eigenvalue weighted by Gasteiger charge is 2.17. The van der Waals surface area contributed by atoms with E-state index >= 15 is 0 Å². The lowest BCUT2D eigenvalue weighted by molar-refractivity contribution is 0.301. The van der Waals surface area contributed by atoms with Crippen LogP contribution in [0.15, 0.2) is 6.07 Å². The summed E-state index contributed by atoms with van der Waals surface area (Å²) in [6, 6.07) is 1.99. The summed E-state index contributed by atoms with van der Waals surface area (Å²) < 4.78 is 5.38. The van der Waals surface area contributed by atoms with Gasteiger partial charge in [0.05, 0.1) is 18.0 Å². The van der Waals surface area contributed by atoms with Crippen molar-refractivity contribution < 1.29 is 4.74 Å². The summed E-state index contributed by atoms with van der Waals surface area (Å²) in [5, 5.41) is 0. The van der Waals surface area contributed by atoms with Crippen molar-refractivity contribution in [3.8, 4) is 5.88 Å². The number of nitrogen functional groups attached to an aromatic ring is 1. The van der Waals surface area contributed by atoms with Gasteiger partial charge in [-0.3, -0.25) is 0 Å². The molecular weight excluding hydrogens is 190 g/mol. The predicted octanol–water partition coefficient (Wildman–Crippen LogP) is 1.05. The van der Waals surface area contributed by atoms with E-state index in [0.29, 0.717) is 18.2 Å². The minimum absolute atomic E-state index is 0.584. The van der Waals surface area contributed by atoms with Crippen LogP contribution >= 0.6 is 0 Å². The highest BCUT2D eigenvalue weighted by atomic mass is 16.5. The van der Waals surface area contributed by atoms with Gasteiger partial charge >= 0.3 is 0 Å². The van der Waals surface area contributed by atoms with Crippen LogP contribution in [0.5, 0.6) is 5.88 Å². The minimum atomic E-state index is 0.584. The maximum Gasteiger partial charge on any atom is 0.237 e. The van der Waals surface area contributed by atoms with Crippen LogP contribution < -0.4 is 10.5 Å². The summed E-state index contributed by atoms with van der Waals surface area (Å²) in [7, 11) is 2.11. The molecule has 0 saturated heterocycles. The van der Waals surface area contributed by atoms with E-state index < -0.39 is 0 Å². The first kappa shape index (κ1) is 10.2. The molecule has 0 saturated carbocycles. The Morgan fingerprint density at radius 2 is 2.40 bits per heavy atom. The Hall–Kier alpha value is -1.29. The van der Waals surface area contributed by atoms with Crippen LogP contribution in [0.1, 0.15) is 18.2 Å². The van der Waals surface area contributed by atoms with Gasteiger partial charge in [0.1, 0.15) is 0 Å². The molecule has 1 aromatic heterocycles. The van der Waals surface area contributed by atoms with E-state index in [4.69, 9.17) is 10.5 Å². The van der Waals surface area contributed by atoms with E-state index in [1.54, 1.807) is 0 Å². The number of anilines is 1. The normalized spacial score (nSPS) is 16.1. The Balaban J connectivity index is 2.33. The molecular formula is C11H17N3O. The first-order chi connectivity index (χ1) is 7.20. The number of nitrogens with zero attached hydrogens (tertiary/aromatic N) is 2. The lowest BCUT2D eigenvalue weighted by Crippen LogP contribution is -2.27. The molecule has 4 heteroatoms. The molecule has 0 aromatic carbocycles. The molecule has 82 valence electrons. The van der Waals surface area contributed by atoms with Gasteiger partial charge in [0.15, 0.2) is 0 Å². The van der Waals surface area contributed by atoms with Crippen molar-refractivity contribution in [1.82, 2.24) is 9.88 Å². The van der Waals surface area contributed by atoms with Gasteiger partial charge in [-0.05, 0) is 25.6 Å². The maximum atomic E-state index is 5.87. The molecule has 15 heavy (non-hydrogen) atoms. The van der Waals surface area contributed by atoms with Gasteiger partial charge in [-0.2, -0.15) is 0 Å². The van der Waals surface area contributed by atoms with Crippen molar-refractivity contribution in [2.24, 2.45) is 0 Å². The molecule has 0 amide bonds. The third kappa shape index (κ3) is 2.04. The predicted molar refractivity (Wildman–Crippen MR) is 59.9 cm³/mol. The van der Waals surface area contributed by atoms with Crippen LogP contribution in [0.25, 0.3) is 0 Å². The average Bonchev–Trinajstić information content (AvgIpc) is 2.20. The largest absolute Gasteiger partial charge is 0.476 e. The van der Waals surface area contributed by atoms with E-state index in [1.165, 1.54) is 5.56 Å². The van der Waals surface area contributed by atoms with Gasteiger partial charge in [-0.25, -0.2) is 4.98 Å². The van der Waals surface area contributed by atoms with Crippen molar-refractivity contribution in [1.29, 1.82) is 0 Å². The Morgan fingerprint density at radius 1 is 1.60 bits per heavy atom. The van der Waals surface area contributed by atoms with Crippen LogP contribution in [0, 0.1) is 0 Å². The van der Waals surface area contributed by atoms with E-state index in [-0.39, 0.29) is 0 Å². The molecule has 1 aliphatic rings. The standard InChI is InChI=1S/C11H17N3O/c1-3-15-11-9(12)6-8-7-14(2)5-4-10(8)13-11/h6H,3-5,7,12H2,1-2H3. The smallest absolute Gasteiger partial charge is 0.237 e. The van der Waals surface area contributed by atoms with Crippen LogP contribution in [0.3, 0.4) is 0 Å². The molecule has 0 atom stereocenters. The molecule has 1 aliphatic heterocycles. The Bertz CT molecular complexity index is 365. The number of aromatic nitrogens is 1. The van der Waals surface area contributed by atoms with Crippen LogP contribution in [0.4, 0.5) is 5.69 Å². The minimum Gasteiger partial charge on any atom is -0.476 e.